The first-order valence-corrected chi connectivity index (χ1v) is 5.09. The van der Waals surface area contributed by atoms with Gasteiger partial charge in [-0.1, -0.05) is 6.92 Å². The van der Waals surface area contributed by atoms with Gasteiger partial charge in [0.25, 0.3) is 0 Å². The molecule has 0 aliphatic rings. The summed E-state index contributed by atoms with van der Waals surface area (Å²) in [5, 5.41) is 17.7. The third-order valence-electron chi connectivity index (χ3n) is 1.59. The number of carbonyl (C=O) groups excluding carboxylic acids is 1. The minimum Gasteiger partial charge on any atom is -1.00 e. The molecule has 0 fully saturated rings. The van der Waals surface area contributed by atoms with Crippen molar-refractivity contribution in [3.63, 3.8) is 0 Å². The van der Waals surface area contributed by atoms with E-state index in [1.807, 2.05) is 6.92 Å². The Morgan fingerprint density at radius 1 is 1.35 bits per heavy atom. The number of carboxylic acids is 2. The molecule has 0 amide bonds. The van der Waals surface area contributed by atoms with Gasteiger partial charge in [0.2, 0.25) is 0 Å². The Morgan fingerprint density at radius 3 is 1.88 bits per heavy atom. The number of aliphatic carboxylic acids is 2. The summed E-state index contributed by atoms with van der Waals surface area (Å²) in [6.07, 6.45) is 0.273. The van der Waals surface area contributed by atoms with Crippen molar-refractivity contribution in [1.29, 1.82) is 0 Å². The van der Waals surface area contributed by atoms with Crippen LogP contribution in [0.4, 0.5) is 0 Å². The van der Waals surface area contributed by atoms with Crippen LogP contribution in [-0.2, 0) is 9.59 Å². The SMILES string of the molecule is C[C@H](CC(=O)O)C[N+](C)(C)C.[Cl-].[NH3+]CC(=O)[O-]. The average molecular weight is 271 g/mol. The van der Waals surface area contributed by atoms with E-state index >= 15 is 0 Å². The number of hydrogen-bond donors (Lipinski definition) is 2. The molecule has 0 saturated carbocycles. The van der Waals surface area contributed by atoms with Crippen LogP contribution in [0, 0.1) is 5.92 Å². The smallest absolute Gasteiger partial charge is 0.303 e. The second-order valence-electron chi connectivity index (χ2n) is 4.80. The minimum absolute atomic E-state index is 0. The van der Waals surface area contributed by atoms with Gasteiger partial charge in [0.05, 0.1) is 40.1 Å². The fourth-order valence-corrected chi connectivity index (χ4v) is 1.30. The molecule has 1 atom stereocenters. The van der Waals surface area contributed by atoms with Crippen molar-refractivity contribution in [2.45, 2.75) is 13.3 Å². The normalized spacial score (nSPS) is 11.6. The molecule has 0 bridgehead atoms. The van der Waals surface area contributed by atoms with Crippen molar-refractivity contribution in [1.82, 2.24) is 0 Å². The zero-order valence-corrected chi connectivity index (χ0v) is 11.7. The number of hydrogen-bond acceptors (Lipinski definition) is 3. The van der Waals surface area contributed by atoms with Crippen molar-refractivity contribution < 1.29 is 42.4 Å². The quantitative estimate of drug-likeness (QED) is 0.487. The summed E-state index contributed by atoms with van der Waals surface area (Å²) in [5.74, 6) is -1.55. The minimum atomic E-state index is -1.11. The number of nitrogens with zero attached hydrogens (tertiary/aromatic N) is 1. The Hall–Kier alpha value is -0.850. The van der Waals surface area contributed by atoms with Gasteiger partial charge in [-0.3, -0.25) is 4.79 Å². The highest BCUT2D eigenvalue weighted by atomic mass is 35.5. The van der Waals surface area contributed by atoms with E-state index in [0.29, 0.717) is 0 Å². The maximum absolute atomic E-state index is 10.3. The standard InChI is InChI=1S/C8H17NO2.C2H5NO2.ClH/c1-7(5-8(10)11)6-9(2,3)4;3-1-2(4)5;/h7H,5-6H2,1-4H3;1,3H2,(H,4,5);1H/t7-;;/m1../s1. The van der Waals surface area contributed by atoms with Crippen LogP contribution in [0.15, 0.2) is 0 Å². The van der Waals surface area contributed by atoms with Gasteiger partial charge in [-0.15, -0.1) is 0 Å². The van der Waals surface area contributed by atoms with Crippen molar-refractivity contribution >= 4 is 11.9 Å². The van der Waals surface area contributed by atoms with E-state index in [0.717, 1.165) is 11.0 Å². The molecule has 0 radical (unpaired) electrons. The maximum atomic E-state index is 10.3. The fourth-order valence-electron chi connectivity index (χ4n) is 1.30. The second kappa shape index (κ2) is 10.3. The lowest BCUT2D eigenvalue weighted by atomic mass is 10.1. The molecule has 0 aromatic carbocycles. The number of carbonyl (C=O) groups is 2. The van der Waals surface area contributed by atoms with Crippen LogP contribution in [0.25, 0.3) is 0 Å². The van der Waals surface area contributed by atoms with E-state index in [-0.39, 0.29) is 31.3 Å². The Bertz CT molecular complexity index is 229. The van der Waals surface area contributed by atoms with E-state index in [4.69, 9.17) is 5.11 Å². The predicted molar refractivity (Wildman–Crippen MR) is 57.1 cm³/mol. The Balaban J connectivity index is -0.000000280. The molecule has 0 unspecified atom stereocenters. The number of carboxylic acid groups (broad SMARTS) is 2. The molecule has 0 aromatic rings. The monoisotopic (exact) mass is 270 g/mol. The molecule has 0 rings (SSSR count). The second-order valence-corrected chi connectivity index (χ2v) is 4.80. The highest BCUT2D eigenvalue weighted by Gasteiger charge is 2.15. The lowest BCUT2D eigenvalue weighted by Crippen LogP contribution is -3.00. The number of quaternary nitrogens is 2. The number of halogens is 1. The van der Waals surface area contributed by atoms with E-state index in [1.54, 1.807) is 0 Å². The van der Waals surface area contributed by atoms with E-state index in [1.165, 1.54) is 0 Å². The molecule has 0 aliphatic heterocycles. The highest BCUT2D eigenvalue weighted by Crippen LogP contribution is 2.06. The van der Waals surface area contributed by atoms with Crippen LogP contribution in [0.5, 0.6) is 0 Å². The van der Waals surface area contributed by atoms with Gasteiger partial charge in [-0.25, -0.2) is 0 Å². The molecule has 6 nitrogen and oxygen atoms in total. The van der Waals surface area contributed by atoms with E-state index in [9.17, 15) is 14.7 Å². The molecular weight excluding hydrogens is 248 g/mol. The summed E-state index contributed by atoms with van der Waals surface area (Å²) in [5.41, 5.74) is 3.02. The van der Waals surface area contributed by atoms with Gasteiger partial charge in [0.1, 0.15) is 6.54 Å². The van der Waals surface area contributed by atoms with Gasteiger partial charge in [-0.2, -0.15) is 0 Å². The molecule has 0 aromatic heterocycles. The van der Waals surface area contributed by atoms with Crippen molar-refractivity contribution in [3.05, 3.63) is 0 Å². The van der Waals surface area contributed by atoms with Gasteiger partial charge < -0.3 is 37.6 Å². The van der Waals surface area contributed by atoms with Crippen LogP contribution in [0.1, 0.15) is 13.3 Å². The van der Waals surface area contributed by atoms with Gasteiger partial charge in [0.15, 0.2) is 0 Å². The van der Waals surface area contributed by atoms with Crippen molar-refractivity contribution in [2.24, 2.45) is 5.92 Å². The Morgan fingerprint density at radius 2 is 1.71 bits per heavy atom. The van der Waals surface area contributed by atoms with Crippen LogP contribution < -0.4 is 23.2 Å². The van der Waals surface area contributed by atoms with Crippen molar-refractivity contribution in [2.75, 3.05) is 34.2 Å². The Kier molecular flexibility index (Phi) is 13.0. The summed E-state index contributed by atoms with van der Waals surface area (Å²) >= 11 is 0. The average Bonchev–Trinajstić information content (AvgIpc) is 1.99. The first-order chi connectivity index (χ1) is 7.08. The Labute approximate surface area is 108 Å². The molecule has 0 spiro atoms. The summed E-state index contributed by atoms with van der Waals surface area (Å²) in [4.78, 5) is 19.5. The maximum Gasteiger partial charge on any atom is 0.303 e. The van der Waals surface area contributed by atoms with Crippen LogP contribution >= 0.6 is 0 Å². The van der Waals surface area contributed by atoms with Gasteiger partial charge in [0, 0.05) is 5.92 Å². The zero-order chi connectivity index (χ0) is 13.4. The topological polar surface area (TPSA) is 105 Å². The third-order valence-corrected chi connectivity index (χ3v) is 1.59. The fraction of sp³-hybridized carbons (Fsp3) is 0.800. The van der Waals surface area contributed by atoms with Crippen molar-refractivity contribution in [3.8, 4) is 0 Å². The predicted octanol–water partition coefficient (Wildman–Crippen LogP) is -5.21. The van der Waals surface area contributed by atoms with Crippen LogP contribution in [0.3, 0.4) is 0 Å². The molecular formula is C10H23ClN2O4. The molecule has 0 aliphatic carbocycles. The summed E-state index contributed by atoms with van der Waals surface area (Å²) in [7, 11) is 6.20. The molecule has 0 saturated heterocycles. The highest BCUT2D eigenvalue weighted by molar-refractivity contribution is 5.66. The van der Waals surface area contributed by atoms with Gasteiger partial charge >= 0.3 is 5.97 Å². The van der Waals surface area contributed by atoms with Gasteiger partial charge in [-0.05, 0) is 0 Å². The molecule has 17 heavy (non-hydrogen) atoms. The first-order valence-electron chi connectivity index (χ1n) is 5.09. The summed E-state index contributed by atoms with van der Waals surface area (Å²) in [6, 6.07) is 0. The third kappa shape index (κ3) is 25.4. The molecule has 104 valence electrons. The van der Waals surface area contributed by atoms with E-state index < -0.39 is 11.9 Å². The zero-order valence-electron chi connectivity index (χ0n) is 10.9. The summed E-state index contributed by atoms with van der Waals surface area (Å²) < 4.78 is 0.828. The lowest BCUT2D eigenvalue weighted by molar-refractivity contribution is -0.873. The van der Waals surface area contributed by atoms with E-state index in [2.05, 4.69) is 26.9 Å². The summed E-state index contributed by atoms with van der Waals surface area (Å²) in [6.45, 7) is 2.74. The number of rotatable bonds is 5. The lowest BCUT2D eigenvalue weighted by Gasteiger charge is -2.26. The molecule has 0 heterocycles. The van der Waals surface area contributed by atoms with Crippen LogP contribution in [0.2, 0.25) is 0 Å². The van der Waals surface area contributed by atoms with Crippen LogP contribution in [-0.4, -0.2) is 55.8 Å². The first kappa shape index (κ1) is 21.4. The molecule has 7 heteroatoms. The molecule has 4 N–H and O–H groups in total. The largest absolute Gasteiger partial charge is 1.00 e.